The van der Waals surface area contributed by atoms with Gasteiger partial charge in [-0.1, -0.05) is 0 Å². The topological polar surface area (TPSA) is 64.0 Å². The van der Waals surface area contributed by atoms with Crippen LogP contribution in [0.2, 0.25) is 0 Å². The Kier molecular flexibility index (Phi) is 1.63. The highest BCUT2D eigenvalue weighted by molar-refractivity contribution is 6.01. The number of fused-ring (bicyclic) bond motifs is 2. The van der Waals surface area contributed by atoms with Crippen LogP contribution in [0.25, 0.3) is 0 Å². The fraction of sp³-hybridized carbons (Fsp3) is 0.444. The summed E-state index contributed by atoms with van der Waals surface area (Å²) in [7, 11) is 0. The molecule has 1 spiro atoms. The third-order valence-corrected chi connectivity index (χ3v) is 3.01. The lowest BCUT2D eigenvalue weighted by Gasteiger charge is -2.10. The minimum Gasteiger partial charge on any atom is -0.294 e. The maximum atomic E-state index is 12.4. The maximum Gasteiger partial charge on any atom is 0.433 e. The largest absolute Gasteiger partial charge is 0.433 e. The Morgan fingerprint density at radius 3 is 2.53 bits per heavy atom. The molecule has 5 nitrogen and oxygen atoms in total. The van der Waals surface area contributed by atoms with Gasteiger partial charge in [-0.2, -0.15) is 13.2 Å². The van der Waals surface area contributed by atoms with Gasteiger partial charge >= 0.3 is 6.18 Å². The fourth-order valence-electron chi connectivity index (χ4n) is 2.01. The SMILES string of the molecule is O=C1Nc2nc(C(F)(F)F)cc(=O)n2C12CC2. The van der Waals surface area contributed by atoms with Crippen LogP contribution in [0, 0.1) is 0 Å². The Hall–Kier alpha value is -1.86. The van der Waals surface area contributed by atoms with Crippen LogP contribution in [0.5, 0.6) is 0 Å². The highest BCUT2D eigenvalue weighted by atomic mass is 19.4. The lowest BCUT2D eigenvalue weighted by molar-refractivity contribution is -0.141. The van der Waals surface area contributed by atoms with E-state index in [0.717, 1.165) is 4.57 Å². The number of hydrogen-bond acceptors (Lipinski definition) is 3. The van der Waals surface area contributed by atoms with E-state index in [1.165, 1.54) is 0 Å². The van der Waals surface area contributed by atoms with E-state index in [1.54, 1.807) is 0 Å². The van der Waals surface area contributed by atoms with Crippen molar-refractivity contribution < 1.29 is 18.0 Å². The van der Waals surface area contributed by atoms with Crippen molar-refractivity contribution in [3.63, 3.8) is 0 Å². The molecule has 1 N–H and O–H groups in total. The molecule has 1 aromatic heterocycles. The molecule has 1 amide bonds. The molecule has 0 atom stereocenters. The van der Waals surface area contributed by atoms with Crippen molar-refractivity contribution in [3.8, 4) is 0 Å². The van der Waals surface area contributed by atoms with Crippen LogP contribution in [0.1, 0.15) is 18.5 Å². The first-order valence-corrected chi connectivity index (χ1v) is 4.88. The van der Waals surface area contributed by atoms with Crippen molar-refractivity contribution in [2.24, 2.45) is 0 Å². The minimum atomic E-state index is -4.70. The van der Waals surface area contributed by atoms with Crippen LogP contribution < -0.4 is 10.9 Å². The summed E-state index contributed by atoms with van der Waals surface area (Å²) in [5.41, 5.74) is -3.12. The molecule has 3 rings (SSSR count). The summed E-state index contributed by atoms with van der Waals surface area (Å²) in [6, 6.07) is 0.420. The maximum absolute atomic E-state index is 12.4. The number of alkyl halides is 3. The van der Waals surface area contributed by atoms with Crippen molar-refractivity contribution in [3.05, 3.63) is 22.1 Å². The van der Waals surface area contributed by atoms with Crippen molar-refractivity contribution >= 4 is 11.9 Å². The molecule has 17 heavy (non-hydrogen) atoms. The average Bonchev–Trinajstić information content (AvgIpc) is 2.90. The van der Waals surface area contributed by atoms with Crippen molar-refractivity contribution in [2.75, 3.05) is 5.32 Å². The van der Waals surface area contributed by atoms with Crippen LogP contribution in [-0.2, 0) is 16.5 Å². The molecule has 2 heterocycles. The Morgan fingerprint density at radius 2 is 2.00 bits per heavy atom. The normalized spacial score (nSPS) is 20.3. The molecule has 0 saturated heterocycles. The number of aromatic nitrogens is 2. The van der Waals surface area contributed by atoms with Gasteiger partial charge in [-0.05, 0) is 12.8 Å². The molecule has 1 aromatic rings. The predicted molar refractivity (Wildman–Crippen MR) is 49.3 cm³/mol. The zero-order valence-electron chi connectivity index (χ0n) is 8.34. The molecule has 0 unspecified atom stereocenters. The van der Waals surface area contributed by atoms with Crippen LogP contribution in [0.3, 0.4) is 0 Å². The second-order valence-electron chi connectivity index (χ2n) is 4.12. The van der Waals surface area contributed by atoms with Gasteiger partial charge in [0.2, 0.25) is 5.95 Å². The van der Waals surface area contributed by atoms with Gasteiger partial charge in [0.25, 0.3) is 11.5 Å². The van der Waals surface area contributed by atoms with Crippen molar-refractivity contribution in [1.29, 1.82) is 0 Å². The molecule has 90 valence electrons. The number of hydrogen-bond donors (Lipinski definition) is 1. The van der Waals surface area contributed by atoms with Gasteiger partial charge in [0.1, 0.15) is 5.54 Å². The van der Waals surface area contributed by atoms with Gasteiger partial charge in [-0.25, -0.2) is 4.98 Å². The summed E-state index contributed by atoms with van der Waals surface area (Å²) >= 11 is 0. The second-order valence-corrected chi connectivity index (χ2v) is 4.12. The Morgan fingerprint density at radius 1 is 1.35 bits per heavy atom. The average molecular weight is 245 g/mol. The second kappa shape index (κ2) is 2.69. The monoisotopic (exact) mass is 245 g/mol. The quantitative estimate of drug-likeness (QED) is 0.731. The number of nitrogens with zero attached hydrogens (tertiary/aromatic N) is 2. The first-order valence-electron chi connectivity index (χ1n) is 4.88. The van der Waals surface area contributed by atoms with Gasteiger partial charge in [-0.15, -0.1) is 0 Å². The third kappa shape index (κ3) is 1.23. The molecular formula is C9H6F3N3O2. The molecule has 1 aliphatic heterocycles. The highest BCUT2D eigenvalue weighted by Crippen LogP contribution is 2.48. The molecule has 1 saturated carbocycles. The van der Waals surface area contributed by atoms with Gasteiger partial charge in [0, 0.05) is 6.07 Å². The molecule has 8 heteroatoms. The van der Waals surface area contributed by atoms with E-state index in [-0.39, 0.29) is 5.95 Å². The summed E-state index contributed by atoms with van der Waals surface area (Å²) < 4.78 is 38.3. The third-order valence-electron chi connectivity index (χ3n) is 3.01. The zero-order valence-corrected chi connectivity index (χ0v) is 8.34. The molecule has 0 aromatic carbocycles. The standard InChI is InChI=1S/C9H6F3N3O2/c10-9(11,12)4-3-5(16)15-7(13-4)14-6(17)8(15)1-2-8/h3H,1-2H2,(H,13,14,17). The number of halogens is 3. The lowest BCUT2D eigenvalue weighted by atomic mass is 10.2. The Balaban J connectivity index is 2.22. The van der Waals surface area contributed by atoms with E-state index < -0.39 is 28.9 Å². The van der Waals surface area contributed by atoms with Gasteiger partial charge in [0.15, 0.2) is 5.69 Å². The predicted octanol–water partition coefficient (Wildman–Crippen LogP) is 0.703. The van der Waals surface area contributed by atoms with Crippen LogP contribution in [-0.4, -0.2) is 15.5 Å². The van der Waals surface area contributed by atoms with E-state index in [9.17, 15) is 22.8 Å². The molecular weight excluding hydrogens is 239 g/mol. The summed E-state index contributed by atoms with van der Waals surface area (Å²) in [4.78, 5) is 26.4. The number of nitrogens with one attached hydrogen (secondary N) is 1. The van der Waals surface area contributed by atoms with Gasteiger partial charge in [0.05, 0.1) is 0 Å². The van der Waals surface area contributed by atoms with Crippen molar-refractivity contribution in [1.82, 2.24) is 9.55 Å². The molecule has 1 aliphatic carbocycles. The molecule has 0 bridgehead atoms. The number of carbonyl (C=O) groups excluding carboxylic acids is 1. The van der Waals surface area contributed by atoms with Crippen LogP contribution in [0.15, 0.2) is 10.9 Å². The summed E-state index contributed by atoms with van der Waals surface area (Å²) in [6.45, 7) is 0. The number of anilines is 1. The zero-order chi connectivity index (χ0) is 12.4. The van der Waals surface area contributed by atoms with Crippen LogP contribution >= 0.6 is 0 Å². The van der Waals surface area contributed by atoms with Gasteiger partial charge in [-0.3, -0.25) is 19.5 Å². The molecule has 2 aliphatic rings. The summed E-state index contributed by atoms with van der Waals surface area (Å²) in [5, 5.41) is 2.22. The van der Waals surface area contributed by atoms with E-state index in [4.69, 9.17) is 0 Å². The van der Waals surface area contributed by atoms with E-state index in [1.807, 2.05) is 0 Å². The number of rotatable bonds is 0. The van der Waals surface area contributed by atoms with Crippen molar-refractivity contribution in [2.45, 2.75) is 24.6 Å². The van der Waals surface area contributed by atoms with E-state index >= 15 is 0 Å². The lowest BCUT2D eigenvalue weighted by Crippen LogP contribution is -2.32. The molecule has 1 fully saturated rings. The summed E-state index contributed by atoms with van der Waals surface area (Å²) in [6.07, 6.45) is -3.78. The smallest absolute Gasteiger partial charge is 0.294 e. The Labute approximate surface area is 92.3 Å². The number of amides is 1. The first kappa shape index (κ1) is 10.3. The minimum absolute atomic E-state index is 0.313. The molecule has 0 radical (unpaired) electrons. The van der Waals surface area contributed by atoms with Crippen LogP contribution in [0.4, 0.5) is 19.1 Å². The van der Waals surface area contributed by atoms with E-state index in [2.05, 4.69) is 10.3 Å². The number of carbonyl (C=O) groups is 1. The summed E-state index contributed by atoms with van der Waals surface area (Å²) in [5.74, 6) is -0.770. The Bertz CT molecular complexity index is 586. The first-order chi connectivity index (χ1) is 7.84. The highest BCUT2D eigenvalue weighted by Gasteiger charge is 2.58. The van der Waals surface area contributed by atoms with Gasteiger partial charge < -0.3 is 0 Å². The fourth-order valence-corrected chi connectivity index (χ4v) is 2.01. The van der Waals surface area contributed by atoms with E-state index in [0.29, 0.717) is 18.9 Å².